The first kappa shape index (κ1) is 38.7. The lowest BCUT2D eigenvalue weighted by atomic mass is 9.53. The summed E-state index contributed by atoms with van der Waals surface area (Å²) in [6.07, 6.45) is 2.06. The first-order valence-electron chi connectivity index (χ1n) is 17.4. The molecule has 14 heteroatoms. The molecule has 280 valence electrons. The zero-order chi connectivity index (χ0) is 37.7. The van der Waals surface area contributed by atoms with Gasteiger partial charge in [0.1, 0.15) is 16.8 Å². The average molecular weight is 824 g/mol. The van der Waals surface area contributed by atoms with Crippen molar-refractivity contribution < 1.29 is 47.7 Å². The number of rotatable bonds is 3. The van der Waals surface area contributed by atoms with E-state index in [1.54, 1.807) is 86.6 Å². The van der Waals surface area contributed by atoms with Crippen molar-refractivity contribution in [1.82, 2.24) is 9.80 Å². The molecule has 5 fully saturated rings. The summed E-state index contributed by atoms with van der Waals surface area (Å²) < 4.78 is 29.5. The smallest absolute Gasteiger partial charge is 0.437 e. The van der Waals surface area contributed by atoms with E-state index in [1.807, 2.05) is 0 Å². The van der Waals surface area contributed by atoms with E-state index in [9.17, 15) is 24.0 Å². The molecule has 1 aromatic carbocycles. The van der Waals surface area contributed by atoms with Crippen molar-refractivity contribution in [3.63, 3.8) is 0 Å². The maximum Gasteiger partial charge on any atom is 0.437 e. The molecule has 51 heavy (non-hydrogen) atoms. The maximum absolute atomic E-state index is 13.8. The number of nitrogens with zero attached hydrogens (tertiary/aromatic N) is 3. The van der Waals surface area contributed by atoms with Gasteiger partial charge >= 0.3 is 30.2 Å². The van der Waals surface area contributed by atoms with Gasteiger partial charge in [0.25, 0.3) is 5.79 Å². The second-order valence-corrected chi connectivity index (χ2v) is 19.7. The average Bonchev–Trinajstić information content (AvgIpc) is 2.96. The lowest BCUT2D eigenvalue weighted by Crippen LogP contribution is -2.65. The van der Waals surface area contributed by atoms with Crippen LogP contribution in [-0.2, 0) is 39.8 Å². The molecule has 0 radical (unpaired) electrons. The summed E-state index contributed by atoms with van der Waals surface area (Å²) in [5.41, 5.74) is -2.22. The molecule has 13 nitrogen and oxygen atoms in total. The highest BCUT2D eigenvalue weighted by atomic mass is 127. The van der Waals surface area contributed by atoms with Crippen LogP contribution >= 0.6 is 20.7 Å². The Labute approximate surface area is 309 Å². The largest absolute Gasteiger partial charge is 0.443 e. The molecule has 4 bridgehead atoms. The number of hydrogen-bond donors (Lipinski definition) is 0. The fourth-order valence-electron chi connectivity index (χ4n) is 7.35. The van der Waals surface area contributed by atoms with E-state index >= 15 is 0 Å². The van der Waals surface area contributed by atoms with Gasteiger partial charge in [-0.15, -0.1) is 4.99 Å². The van der Waals surface area contributed by atoms with Gasteiger partial charge in [-0.2, -0.15) is 0 Å². The number of carbonyl (C=O) groups excluding carboxylic acids is 5. The van der Waals surface area contributed by atoms with E-state index in [1.165, 1.54) is 13.5 Å². The van der Waals surface area contributed by atoms with Crippen LogP contribution in [0.25, 0.3) is 0 Å². The third kappa shape index (κ3) is 9.28. The highest BCUT2D eigenvalue weighted by Gasteiger charge is 2.64. The zero-order valence-electron chi connectivity index (χ0n) is 31.2. The number of guanidine groups is 1. The van der Waals surface area contributed by atoms with Crippen LogP contribution in [0.4, 0.5) is 14.4 Å². The first-order chi connectivity index (χ1) is 23.5. The van der Waals surface area contributed by atoms with Gasteiger partial charge in [-0.05, 0) is 124 Å². The van der Waals surface area contributed by atoms with E-state index in [4.69, 9.17) is 23.7 Å². The van der Waals surface area contributed by atoms with Crippen molar-refractivity contribution >= 4 is 60.4 Å². The molecular weight excluding hydrogens is 773 g/mol. The van der Waals surface area contributed by atoms with E-state index in [0.29, 0.717) is 21.0 Å². The molecule has 0 aromatic heterocycles. The van der Waals surface area contributed by atoms with Crippen LogP contribution in [0.2, 0.25) is 0 Å². The molecule has 1 heterocycles. The minimum Gasteiger partial charge on any atom is -0.443 e. The Balaban J connectivity index is 1.45. The van der Waals surface area contributed by atoms with Gasteiger partial charge in [0.05, 0.1) is 6.54 Å². The summed E-state index contributed by atoms with van der Waals surface area (Å²) in [5, 5.41) is 0. The Morgan fingerprint density at radius 1 is 0.804 bits per heavy atom. The molecule has 6 rings (SSSR count). The lowest BCUT2D eigenvalue weighted by Gasteiger charge is -2.59. The van der Waals surface area contributed by atoms with E-state index in [0.717, 1.165) is 35.5 Å². The Morgan fingerprint density at radius 2 is 1.31 bits per heavy atom. The number of hydrogen-bond acceptors (Lipinski definition) is 10. The van der Waals surface area contributed by atoms with Crippen LogP contribution in [0, 0.1) is 27.2 Å². The van der Waals surface area contributed by atoms with Gasteiger partial charge in [-0.3, -0.25) is 0 Å². The summed E-state index contributed by atoms with van der Waals surface area (Å²) in [4.78, 5) is 73.2. The molecule has 1 spiro atoms. The maximum atomic E-state index is 13.8. The summed E-state index contributed by atoms with van der Waals surface area (Å²) in [5.74, 6) is -1.48. The molecule has 4 aliphatic carbocycles. The number of aliphatic imine (C=N–C) groups is 1. The van der Waals surface area contributed by atoms with Crippen molar-refractivity contribution in [2.24, 2.45) is 28.7 Å². The molecule has 5 aliphatic rings. The number of ether oxygens (including phenoxy) is 5. The highest BCUT2D eigenvalue weighted by molar-refractivity contribution is 14.2. The zero-order valence-corrected chi connectivity index (χ0v) is 33.3. The standard InChI is InChI=1S/C37H50IN3O10/c1-34(2,3)49-31(44)39-30(40(10)32(45)50-35(4,5)6)41(33(46)51-36(7,8)9)20-21-12-11-13-26(19-21)38-27-28(42)47-37(48-29(27)43)24-15-22-14-23(17-24)18-25(37)16-22/h11-13,19,22-25H,14-18,20H2,1-10H3. The topological polar surface area (TPSA) is 150 Å². The van der Waals surface area contributed by atoms with Crippen LogP contribution in [0.3, 0.4) is 0 Å². The Kier molecular flexibility index (Phi) is 10.7. The lowest BCUT2D eigenvalue weighted by molar-refractivity contribution is -0.308. The number of amides is 3. The van der Waals surface area contributed by atoms with Gasteiger partial charge in [-0.25, -0.2) is 33.8 Å². The van der Waals surface area contributed by atoms with Gasteiger partial charge in [0.2, 0.25) is 5.96 Å². The molecule has 3 amide bonds. The number of carbonyl (C=O) groups is 5. The quantitative estimate of drug-likeness (QED) is 0.101. The van der Waals surface area contributed by atoms with Crippen molar-refractivity contribution in [3.05, 3.63) is 33.4 Å². The number of esters is 2. The second-order valence-electron chi connectivity index (χ2n) is 16.8. The first-order valence-corrected chi connectivity index (χ1v) is 19.5. The molecule has 0 N–H and O–H groups in total. The SMILES string of the molecule is CN(C(=O)OC(C)(C)C)C(=NC(=O)OC(C)(C)C)N(Cc1cccc(I=C2C(=O)OC3(OC2=O)C2CC4CC(C2)CC3C4)c1)C(=O)OC(C)(C)C. The predicted molar refractivity (Wildman–Crippen MR) is 196 cm³/mol. The van der Waals surface area contributed by atoms with Crippen molar-refractivity contribution in [1.29, 1.82) is 0 Å². The van der Waals surface area contributed by atoms with Crippen LogP contribution in [0.5, 0.6) is 0 Å². The summed E-state index contributed by atoms with van der Waals surface area (Å²) in [6.45, 7) is 14.9. The summed E-state index contributed by atoms with van der Waals surface area (Å²) in [7, 11) is 1.32. The minimum absolute atomic E-state index is 0.00576. The molecule has 0 atom stereocenters. The molecule has 1 saturated heterocycles. The minimum atomic E-state index is -1.35. The van der Waals surface area contributed by atoms with Gasteiger partial charge in [-0.1, -0.05) is 32.9 Å². The van der Waals surface area contributed by atoms with Gasteiger partial charge in [0, 0.05) is 22.5 Å². The highest BCUT2D eigenvalue weighted by Crippen LogP contribution is 2.60. The summed E-state index contributed by atoms with van der Waals surface area (Å²) >= 11 is -1.35. The summed E-state index contributed by atoms with van der Waals surface area (Å²) in [6, 6.07) is 7.01. The van der Waals surface area contributed by atoms with Gasteiger partial charge < -0.3 is 23.7 Å². The second kappa shape index (κ2) is 14.1. The van der Waals surface area contributed by atoms with Crippen molar-refractivity contribution in [3.8, 4) is 0 Å². The molecule has 4 saturated carbocycles. The molecule has 1 aromatic rings. The third-order valence-electron chi connectivity index (χ3n) is 8.98. The van der Waals surface area contributed by atoms with Crippen LogP contribution < -0.4 is 0 Å². The Morgan fingerprint density at radius 3 is 1.82 bits per heavy atom. The Bertz CT molecular complexity index is 1600. The monoisotopic (exact) mass is 823 g/mol. The molecule has 0 unspecified atom stereocenters. The van der Waals surface area contributed by atoms with E-state index in [-0.39, 0.29) is 27.8 Å². The van der Waals surface area contributed by atoms with Crippen LogP contribution in [0.15, 0.2) is 29.3 Å². The van der Waals surface area contributed by atoms with Crippen LogP contribution in [0.1, 0.15) is 100.0 Å². The third-order valence-corrected chi connectivity index (χ3v) is 11.7. The fraction of sp³-hybridized carbons (Fsp3) is 0.649. The van der Waals surface area contributed by atoms with E-state index < -0.39 is 73.5 Å². The van der Waals surface area contributed by atoms with Gasteiger partial charge in [0.15, 0.2) is 3.51 Å². The molecular formula is C37H50IN3O10. The number of halogens is 1. The predicted octanol–water partition coefficient (Wildman–Crippen LogP) is 7.15. The Hall–Kier alpha value is -3.56. The van der Waals surface area contributed by atoms with Crippen molar-refractivity contribution in [2.45, 2.75) is 124 Å². The van der Waals surface area contributed by atoms with Crippen molar-refractivity contribution in [2.75, 3.05) is 7.05 Å². The van der Waals surface area contributed by atoms with Crippen LogP contribution in [-0.4, -0.2) is 79.1 Å². The normalized spacial score (nSPS) is 26.0. The van der Waals surface area contributed by atoms with E-state index in [2.05, 4.69) is 4.99 Å². The number of benzene rings is 1. The fourth-order valence-corrected chi connectivity index (χ4v) is 9.58. The molecule has 1 aliphatic heterocycles.